The molecule has 1 saturated carbocycles. The van der Waals surface area contributed by atoms with Gasteiger partial charge in [0.15, 0.2) is 0 Å². The van der Waals surface area contributed by atoms with Crippen molar-refractivity contribution in [1.82, 2.24) is 0 Å². The minimum Gasteiger partial charge on any atom is -0.0853 e. The zero-order valence-corrected chi connectivity index (χ0v) is 10.7. The molecular formula is C15H24. The Balaban J connectivity index is 2.28. The summed E-state index contributed by atoms with van der Waals surface area (Å²) >= 11 is 0. The molecule has 0 N–H and O–H groups in total. The summed E-state index contributed by atoms with van der Waals surface area (Å²) in [6.07, 6.45) is 9.05. The summed E-state index contributed by atoms with van der Waals surface area (Å²) in [5.41, 5.74) is 5.65. The summed E-state index contributed by atoms with van der Waals surface area (Å²) in [5, 5.41) is 0. The molecule has 1 fully saturated rings. The fourth-order valence-electron chi connectivity index (χ4n) is 3.38. The van der Waals surface area contributed by atoms with Gasteiger partial charge in [-0.3, -0.25) is 0 Å². The van der Waals surface area contributed by atoms with E-state index in [9.17, 15) is 0 Å². The minimum absolute atomic E-state index is 0.548. The molecule has 1 atom stereocenters. The largest absolute Gasteiger partial charge is 0.0853 e. The van der Waals surface area contributed by atoms with Crippen LogP contribution in [0.25, 0.3) is 0 Å². The predicted octanol–water partition coefficient (Wildman–Crippen LogP) is 4.87. The Labute approximate surface area is 94.5 Å². The third kappa shape index (κ3) is 2.35. The lowest BCUT2D eigenvalue weighted by molar-refractivity contribution is 0.359. The fourth-order valence-corrected chi connectivity index (χ4v) is 3.38. The van der Waals surface area contributed by atoms with Crippen molar-refractivity contribution in [3.05, 3.63) is 22.8 Å². The lowest BCUT2D eigenvalue weighted by atomic mass is 9.87. The summed E-state index contributed by atoms with van der Waals surface area (Å²) < 4.78 is 0. The van der Waals surface area contributed by atoms with Gasteiger partial charge < -0.3 is 0 Å². The van der Waals surface area contributed by atoms with Crippen LogP contribution in [0, 0.1) is 11.3 Å². The number of fused-ring (bicyclic) bond motifs is 1. The molecule has 2 rings (SSSR count). The second kappa shape index (κ2) is 3.81. The molecule has 2 aliphatic rings. The molecule has 15 heavy (non-hydrogen) atoms. The summed E-state index contributed by atoms with van der Waals surface area (Å²) in [6.45, 7) is 9.52. The third-order valence-electron chi connectivity index (χ3n) is 4.09. The molecule has 0 radical (unpaired) electrons. The third-order valence-corrected chi connectivity index (χ3v) is 4.09. The van der Waals surface area contributed by atoms with Crippen LogP contribution in [0.2, 0.25) is 0 Å². The van der Waals surface area contributed by atoms with Crippen molar-refractivity contribution in [2.24, 2.45) is 11.3 Å². The van der Waals surface area contributed by atoms with E-state index in [0.29, 0.717) is 5.41 Å². The molecule has 84 valence electrons. The van der Waals surface area contributed by atoms with Crippen LogP contribution >= 0.6 is 0 Å². The van der Waals surface area contributed by atoms with Gasteiger partial charge in [0.05, 0.1) is 0 Å². The Morgan fingerprint density at radius 1 is 1.27 bits per heavy atom. The zero-order chi connectivity index (χ0) is 11.1. The quantitative estimate of drug-likeness (QED) is 0.494. The molecule has 0 unspecified atom stereocenters. The molecule has 0 aromatic rings. The lowest BCUT2D eigenvalue weighted by Crippen LogP contribution is -2.05. The molecule has 0 heteroatoms. The molecule has 0 amide bonds. The van der Waals surface area contributed by atoms with E-state index in [1.165, 1.54) is 32.1 Å². The number of hydrogen-bond donors (Lipinski definition) is 0. The van der Waals surface area contributed by atoms with Crippen LogP contribution < -0.4 is 0 Å². The topological polar surface area (TPSA) is 0 Å². The van der Waals surface area contributed by atoms with Gasteiger partial charge in [-0.2, -0.15) is 0 Å². The number of rotatable bonds is 0. The Bertz CT molecular complexity index is 315. The van der Waals surface area contributed by atoms with Gasteiger partial charge in [-0.25, -0.2) is 0 Å². The summed E-state index contributed by atoms with van der Waals surface area (Å²) in [4.78, 5) is 0. The highest BCUT2D eigenvalue weighted by molar-refractivity contribution is 5.25. The van der Waals surface area contributed by atoms with Gasteiger partial charge in [0.1, 0.15) is 0 Å². The van der Waals surface area contributed by atoms with E-state index in [1.807, 2.05) is 0 Å². The molecule has 2 aliphatic carbocycles. The Hall–Kier alpha value is -0.520. The second-order valence-electron chi connectivity index (χ2n) is 6.34. The first-order valence-corrected chi connectivity index (χ1v) is 6.32. The first kappa shape index (κ1) is 11.0. The maximum absolute atomic E-state index is 2.45. The highest BCUT2D eigenvalue weighted by atomic mass is 14.4. The van der Waals surface area contributed by atoms with Crippen LogP contribution in [-0.2, 0) is 0 Å². The van der Waals surface area contributed by atoms with Crippen molar-refractivity contribution in [3.63, 3.8) is 0 Å². The van der Waals surface area contributed by atoms with E-state index >= 15 is 0 Å². The van der Waals surface area contributed by atoms with Crippen molar-refractivity contribution in [1.29, 1.82) is 0 Å². The van der Waals surface area contributed by atoms with E-state index in [0.717, 1.165) is 5.92 Å². The van der Waals surface area contributed by atoms with E-state index in [2.05, 4.69) is 33.8 Å². The van der Waals surface area contributed by atoms with Crippen molar-refractivity contribution in [2.45, 2.75) is 59.8 Å². The van der Waals surface area contributed by atoms with Crippen LogP contribution in [0.3, 0.4) is 0 Å². The highest BCUT2D eigenvalue weighted by Gasteiger charge is 2.35. The molecule has 0 heterocycles. The van der Waals surface area contributed by atoms with Crippen molar-refractivity contribution in [3.8, 4) is 0 Å². The Morgan fingerprint density at radius 3 is 2.73 bits per heavy atom. The lowest BCUT2D eigenvalue weighted by Gasteiger charge is -2.18. The number of hydrogen-bond acceptors (Lipinski definition) is 0. The van der Waals surface area contributed by atoms with Gasteiger partial charge in [-0.15, -0.1) is 0 Å². The molecule has 0 bridgehead atoms. The fraction of sp³-hybridized carbons (Fsp3) is 0.733. The molecule has 0 aromatic carbocycles. The Kier molecular flexibility index (Phi) is 2.79. The van der Waals surface area contributed by atoms with Crippen LogP contribution in [0.5, 0.6) is 0 Å². The van der Waals surface area contributed by atoms with E-state index < -0.39 is 0 Å². The van der Waals surface area contributed by atoms with Gasteiger partial charge in [-0.1, -0.05) is 36.6 Å². The predicted molar refractivity (Wildman–Crippen MR) is 66.8 cm³/mol. The summed E-state index contributed by atoms with van der Waals surface area (Å²) in [6, 6.07) is 0. The first-order chi connectivity index (χ1) is 6.98. The average molecular weight is 204 g/mol. The molecule has 0 aromatic heterocycles. The standard InChI is InChI=1S/C15H24/c1-11-6-5-7-12(2)14-10-15(3,4)9-13(14)8-11/h6,13H,5,7-10H2,1-4H3/b11-6-,14-12-/t13-/m1/s1. The van der Waals surface area contributed by atoms with Crippen LogP contribution in [0.4, 0.5) is 0 Å². The minimum atomic E-state index is 0.548. The van der Waals surface area contributed by atoms with E-state index in [1.54, 1.807) is 16.7 Å². The zero-order valence-electron chi connectivity index (χ0n) is 10.7. The monoisotopic (exact) mass is 204 g/mol. The van der Waals surface area contributed by atoms with Crippen LogP contribution in [0.1, 0.15) is 59.8 Å². The smallest absolute Gasteiger partial charge is 0.0158 e. The molecule has 0 aliphatic heterocycles. The Morgan fingerprint density at radius 2 is 2.00 bits per heavy atom. The van der Waals surface area contributed by atoms with E-state index in [-0.39, 0.29) is 0 Å². The van der Waals surface area contributed by atoms with Crippen molar-refractivity contribution >= 4 is 0 Å². The summed E-state index contributed by atoms with van der Waals surface area (Å²) in [5.74, 6) is 0.858. The van der Waals surface area contributed by atoms with Gasteiger partial charge in [0.25, 0.3) is 0 Å². The van der Waals surface area contributed by atoms with Gasteiger partial charge in [-0.05, 0) is 57.3 Å². The van der Waals surface area contributed by atoms with Gasteiger partial charge in [0, 0.05) is 0 Å². The van der Waals surface area contributed by atoms with Gasteiger partial charge in [0.2, 0.25) is 0 Å². The molecule has 0 saturated heterocycles. The SMILES string of the molecule is C/C1=C/CC/C(C)=C2/CC(C)(C)C[C@H]2C1. The van der Waals surface area contributed by atoms with E-state index in [4.69, 9.17) is 0 Å². The maximum Gasteiger partial charge on any atom is -0.0158 e. The van der Waals surface area contributed by atoms with Crippen molar-refractivity contribution in [2.75, 3.05) is 0 Å². The highest BCUT2D eigenvalue weighted by Crippen LogP contribution is 2.49. The van der Waals surface area contributed by atoms with Gasteiger partial charge >= 0.3 is 0 Å². The molecular weight excluding hydrogens is 180 g/mol. The summed E-state index contributed by atoms with van der Waals surface area (Å²) in [7, 11) is 0. The van der Waals surface area contributed by atoms with Crippen LogP contribution in [-0.4, -0.2) is 0 Å². The molecule has 0 nitrogen and oxygen atoms in total. The van der Waals surface area contributed by atoms with Crippen LogP contribution in [0.15, 0.2) is 22.8 Å². The average Bonchev–Trinajstić information content (AvgIpc) is 2.39. The second-order valence-corrected chi connectivity index (χ2v) is 6.34. The van der Waals surface area contributed by atoms with Crippen molar-refractivity contribution < 1.29 is 0 Å². The molecule has 0 spiro atoms. The maximum atomic E-state index is 2.45. The normalized spacial score (nSPS) is 38.9. The first-order valence-electron chi connectivity index (χ1n) is 6.32. The number of allylic oxidation sites excluding steroid dienone is 4.